The molecular weight excluding hydrogens is 222 g/mol. The molecule has 1 aromatic heterocycles. The molecule has 18 heavy (non-hydrogen) atoms. The van der Waals surface area contributed by atoms with Crippen molar-refractivity contribution in [3.8, 4) is 0 Å². The molecule has 1 atom stereocenters. The molecule has 2 aromatic rings. The van der Waals surface area contributed by atoms with Gasteiger partial charge in [-0.05, 0) is 26.0 Å². The smallest absolute Gasteiger partial charge is 0.109 e. The highest BCUT2D eigenvalue weighted by molar-refractivity contribution is 5.23. The molecule has 1 N–H and O–H groups in total. The first-order valence-corrected chi connectivity index (χ1v) is 6.38. The topological polar surface area (TPSA) is 29.9 Å². The quantitative estimate of drug-likeness (QED) is 0.871. The van der Waals surface area contributed by atoms with Crippen LogP contribution >= 0.6 is 0 Å². The number of imidazole rings is 1. The van der Waals surface area contributed by atoms with Crippen LogP contribution in [0.2, 0.25) is 0 Å². The number of hydrogen-bond acceptors (Lipinski definition) is 2. The Morgan fingerprint density at radius 3 is 2.78 bits per heavy atom. The van der Waals surface area contributed by atoms with Gasteiger partial charge in [-0.15, -0.1) is 0 Å². The fourth-order valence-corrected chi connectivity index (χ4v) is 2.21. The van der Waals surface area contributed by atoms with Gasteiger partial charge in [0.15, 0.2) is 0 Å². The molecule has 0 spiro atoms. The number of aromatic nitrogens is 2. The summed E-state index contributed by atoms with van der Waals surface area (Å²) in [5.41, 5.74) is 2.70. The Bertz CT molecular complexity index is 502. The number of nitrogens with zero attached hydrogens (tertiary/aromatic N) is 2. The van der Waals surface area contributed by atoms with Crippen molar-refractivity contribution >= 4 is 0 Å². The van der Waals surface area contributed by atoms with Crippen molar-refractivity contribution in [2.45, 2.75) is 25.8 Å². The second-order valence-corrected chi connectivity index (χ2v) is 4.84. The third-order valence-electron chi connectivity index (χ3n) is 3.32. The molecule has 0 amide bonds. The lowest BCUT2D eigenvalue weighted by molar-refractivity contribution is 0.534. The largest absolute Gasteiger partial charge is 0.338 e. The minimum absolute atomic E-state index is 0.424. The summed E-state index contributed by atoms with van der Waals surface area (Å²) >= 11 is 0. The predicted octanol–water partition coefficient (Wildman–Crippen LogP) is 2.10. The Kier molecular flexibility index (Phi) is 4.15. The minimum atomic E-state index is 0.424. The summed E-state index contributed by atoms with van der Waals surface area (Å²) in [6.07, 6.45) is 5.84. The molecule has 1 heterocycles. The SMILES string of the molecule is CNC(Cc1cccc(C)c1)Cc1nccn1C. The van der Waals surface area contributed by atoms with Crippen molar-refractivity contribution in [3.63, 3.8) is 0 Å². The van der Waals surface area contributed by atoms with Gasteiger partial charge in [0.05, 0.1) is 0 Å². The molecule has 0 saturated carbocycles. The maximum absolute atomic E-state index is 4.39. The third-order valence-corrected chi connectivity index (χ3v) is 3.32. The molecule has 0 fully saturated rings. The van der Waals surface area contributed by atoms with Gasteiger partial charge in [0.25, 0.3) is 0 Å². The van der Waals surface area contributed by atoms with Gasteiger partial charge in [0, 0.05) is 31.9 Å². The van der Waals surface area contributed by atoms with E-state index >= 15 is 0 Å². The highest BCUT2D eigenvalue weighted by Gasteiger charge is 2.11. The van der Waals surface area contributed by atoms with Crippen LogP contribution in [0, 0.1) is 6.92 Å². The fraction of sp³-hybridized carbons (Fsp3) is 0.400. The van der Waals surface area contributed by atoms with Gasteiger partial charge < -0.3 is 9.88 Å². The molecular formula is C15H21N3. The van der Waals surface area contributed by atoms with E-state index in [1.165, 1.54) is 11.1 Å². The summed E-state index contributed by atoms with van der Waals surface area (Å²) in [6, 6.07) is 9.13. The predicted molar refractivity (Wildman–Crippen MR) is 74.6 cm³/mol. The van der Waals surface area contributed by atoms with Crippen LogP contribution in [-0.4, -0.2) is 22.6 Å². The normalized spacial score (nSPS) is 12.6. The monoisotopic (exact) mass is 243 g/mol. The zero-order valence-corrected chi connectivity index (χ0v) is 11.4. The van der Waals surface area contributed by atoms with Crippen molar-refractivity contribution in [2.24, 2.45) is 7.05 Å². The summed E-state index contributed by atoms with van der Waals surface area (Å²) in [4.78, 5) is 4.39. The van der Waals surface area contributed by atoms with Gasteiger partial charge in [0.2, 0.25) is 0 Å². The minimum Gasteiger partial charge on any atom is -0.338 e. The number of hydrogen-bond donors (Lipinski definition) is 1. The first-order chi connectivity index (χ1) is 8.69. The number of aryl methyl sites for hydroxylation is 2. The third kappa shape index (κ3) is 3.20. The first kappa shape index (κ1) is 12.8. The summed E-state index contributed by atoms with van der Waals surface area (Å²) < 4.78 is 2.08. The summed E-state index contributed by atoms with van der Waals surface area (Å²) in [5.74, 6) is 1.13. The van der Waals surface area contributed by atoms with Gasteiger partial charge in [-0.25, -0.2) is 4.98 Å². The van der Waals surface area contributed by atoms with E-state index < -0.39 is 0 Å². The Hall–Kier alpha value is -1.61. The molecule has 1 unspecified atom stereocenters. The second kappa shape index (κ2) is 5.83. The van der Waals surface area contributed by atoms with Crippen molar-refractivity contribution < 1.29 is 0 Å². The summed E-state index contributed by atoms with van der Waals surface area (Å²) in [5, 5.41) is 3.38. The molecule has 0 aliphatic heterocycles. The lowest BCUT2D eigenvalue weighted by atomic mass is 10.0. The van der Waals surface area contributed by atoms with Crippen molar-refractivity contribution in [2.75, 3.05) is 7.05 Å². The highest BCUT2D eigenvalue weighted by atomic mass is 15.0. The molecule has 0 aliphatic carbocycles. The van der Waals surface area contributed by atoms with Gasteiger partial charge in [-0.3, -0.25) is 0 Å². The average molecular weight is 243 g/mol. The van der Waals surface area contributed by atoms with E-state index in [1.54, 1.807) is 0 Å². The first-order valence-electron chi connectivity index (χ1n) is 6.38. The van der Waals surface area contributed by atoms with Crippen LogP contribution in [0.4, 0.5) is 0 Å². The summed E-state index contributed by atoms with van der Waals surface area (Å²) in [6.45, 7) is 2.14. The van der Waals surface area contributed by atoms with Gasteiger partial charge in [-0.1, -0.05) is 29.8 Å². The molecule has 0 radical (unpaired) electrons. The number of likely N-dealkylation sites (N-methyl/N-ethyl adjacent to an activating group) is 1. The number of nitrogens with one attached hydrogen (secondary N) is 1. The van der Waals surface area contributed by atoms with E-state index in [-0.39, 0.29) is 0 Å². The molecule has 0 bridgehead atoms. The zero-order valence-electron chi connectivity index (χ0n) is 11.4. The molecule has 0 aliphatic rings. The van der Waals surface area contributed by atoms with Crippen molar-refractivity contribution in [1.29, 1.82) is 0 Å². The van der Waals surface area contributed by atoms with Crippen molar-refractivity contribution in [3.05, 3.63) is 53.6 Å². The van der Waals surface area contributed by atoms with Gasteiger partial charge >= 0.3 is 0 Å². The molecule has 96 valence electrons. The maximum Gasteiger partial charge on any atom is 0.109 e. The Morgan fingerprint density at radius 1 is 1.33 bits per heavy atom. The Labute approximate surface area is 109 Å². The van der Waals surface area contributed by atoms with E-state index in [0.717, 1.165) is 18.7 Å². The van der Waals surface area contributed by atoms with Crippen LogP contribution < -0.4 is 5.32 Å². The Morgan fingerprint density at radius 2 is 2.17 bits per heavy atom. The van der Waals surface area contributed by atoms with Crippen LogP contribution in [0.5, 0.6) is 0 Å². The number of rotatable bonds is 5. The van der Waals surface area contributed by atoms with Gasteiger partial charge in [-0.2, -0.15) is 0 Å². The van der Waals surface area contributed by atoms with E-state index in [9.17, 15) is 0 Å². The van der Waals surface area contributed by atoms with Crippen LogP contribution in [0.25, 0.3) is 0 Å². The zero-order chi connectivity index (χ0) is 13.0. The average Bonchev–Trinajstić information content (AvgIpc) is 2.74. The lowest BCUT2D eigenvalue weighted by Crippen LogP contribution is -2.31. The molecule has 3 heteroatoms. The van der Waals surface area contributed by atoms with Crippen molar-refractivity contribution in [1.82, 2.24) is 14.9 Å². The molecule has 1 aromatic carbocycles. The Balaban J connectivity index is 2.04. The van der Waals surface area contributed by atoms with Crippen LogP contribution in [-0.2, 0) is 19.9 Å². The molecule has 2 rings (SSSR count). The van der Waals surface area contributed by atoms with E-state index in [2.05, 4.69) is 46.1 Å². The molecule has 3 nitrogen and oxygen atoms in total. The standard InChI is InChI=1S/C15H21N3/c1-12-5-4-6-13(9-12)10-14(16-2)11-15-17-7-8-18(15)3/h4-9,14,16H,10-11H2,1-3H3. The van der Waals surface area contributed by atoms with Crippen LogP contribution in [0.15, 0.2) is 36.7 Å². The van der Waals surface area contributed by atoms with E-state index in [1.807, 2.05) is 26.5 Å². The summed E-state index contributed by atoms with van der Waals surface area (Å²) in [7, 11) is 4.06. The fourth-order valence-electron chi connectivity index (χ4n) is 2.21. The lowest BCUT2D eigenvalue weighted by Gasteiger charge is -2.16. The molecule has 0 saturated heterocycles. The van der Waals surface area contributed by atoms with Gasteiger partial charge in [0.1, 0.15) is 5.82 Å². The maximum atomic E-state index is 4.39. The van der Waals surface area contributed by atoms with Crippen LogP contribution in [0.3, 0.4) is 0 Å². The van der Waals surface area contributed by atoms with Crippen LogP contribution in [0.1, 0.15) is 17.0 Å². The van der Waals surface area contributed by atoms with E-state index in [4.69, 9.17) is 0 Å². The highest BCUT2D eigenvalue weighted by Crippen LogP contribution is 2.09. The second-order valence-electron chi connectivity index (χ2n) is 4.84. The number of benzene rings is 1. The van der Waals surface area contributed by atoms with E-state index in [0.29, 0.717) is 6.04 Å².